The number of halogens is 2. The zero-order valence-corrected chi connectivity index (χ0v) is 15.2. The van der Waals surface area contributed by atoms with Crippen LogP contribution in [0.3, 0.4) is 0 Å². The number of hydrogen-bond acceptors (Lipinski definition) is 4. The summed E-state index contributed by atoms with van der Waals surface area (Å²) in [5.74, 6) is -1.58. The number of aryl methyl sites for hydroxylation is 1. The largest absolute Gasteiger partial charge is 0.459 e. The van der Waals surface area contributed by atoms with E-state index in [1.54, 1.807) is 6.92 Å². The lowest BCUT2D eigenvalue weighted by Crippen LogP contribution is -2.36. The van der Waals surface area contributed by atoms with Crippen LogP contribution in [0.5, 0.6) is 0 Å². The molecule has 0 bridgehead atoms. The van der Waals surface area contributed by atoms with E-state index in [1.807, 2.05) is 0 Å². The molecule has 1 aliphatic carbocycles. The number of esters is 1. The van der Waals surface area contributed by atoms with Gasteiger partial charge in [-0.25, -0.2) is 18.5 Å². The molecule has 6 nitrogen and oxygen atoms in total. The molecule has 0 aliphatic heterocycles. The number of carbonyl (C=O) groups is 1. The van der Waals surface area contributed by atoms with Crippen LogP contribution >= 0.6 is 11.6 Å². The highest BCUT2D eigenvalue weighted by Gasteiger charge is 2.24. The zero-order chi connectivity index (χ0) is 19.0. The average Bonchev–Trinajstić information content (AvgIpc) is 3.07. The second-order valence-electron chi connectivity index (χ2n) is 6.42. The Bertz CT molecular complexity index is 990. The minimum Gasteiger partial charge on any atom is -0.459 e. The van der Waals surface area contributed by atoms with E-state index in [4.69, 9.17) is 16.3 Å². The van der Waals surface area contributed by atoms with Crippen LogP contribution in [-0.2, 0) is 4.74 Å². The van der Waals surface area contributed by atoms with Crippen molar-refractivity contribution in [3.05, 3.63) is 60.6 Å². The fourth-order valence-corrected chi connectivity index (χ4v) is 3.26. The quantitative estimate of drug-likeness (QED) is 0.830. The minimum atomic E-state index is -0.886. The van der Waals surface area contributed by atoms with Crippen LogP contribution in [-0.4, -0.2) is 21.6 Å². The summed E-state index contributed by atoms with van der Waals surface area (Å²) in [5.41, 5.74) is -1.22. The summed E-state index contributed by atoms with van der Waals surface area (Å²) in [6, 6.07) is 1.99. The van der Waals surface area contributed by atoms with Gasteiger partial charge in [-0.05, 0) is 51.7 Å². The van der Waals surface area contributed by atoms with Crippen molar-refractivity contribution in [1.29, 1.82) is 0 Å². The van der Waals surface area contributed by atoms with Crippen molar-refractivity contribution >= 4 is 17.6 Å². The second-order valence-corrected chi connectivity index (χ2v) is 6.82. The number of benzene rings is 1. The lowest BCUT2D eigenvalue weighted by atomic mass is 10.1. The molecular formula is C18H18ClFN2O4. The molecule has 8 heteroatoms. The van der Waals surface area contributed by atoms with Crippen LogP contribution in [0.4, 0.5) is 4.39 Å². The fraction of sp³-hybridized carbons (Fsp3) is 0.389. The van der Waals surface area contributed by atoms with Gasteiger partial charge in [0.1, 0.15) is 11.9 Å². The Morgan fingerprint density at radius 2 is 1.92 bits per heavy atom. The predicted molar refractivity (Wildman–Crippen MR) is 94.8 cm³/mol. The van der Waals surface area contributed by atoms with Crippen molar-refractivity contribution in [1.82, 2.24) is 9.55 Å². The van der Waals surface area contributed by atoms with Gasteiger partial charge in [0.05, 0.1) is 16.3 Å². The maximum atomic E-state index is 14.4. The molecule has 1 aromatic heterocycles. The third-order valence-corrected chi connectivity index (χ3v) is 4.97. The highest BCUT2D eigenvalue weighted by atomic mass is 35.5. The highest BCUT2D eigenvalue weighted by molar-refractivity contribution is 6.33. The summed E-state index contributed by atoms with van der Waals surface area (Å²) in [7, 11) is 0. The first kappa shape index (κ1) is 18.4. The van der Waals surface area contributed by atoms with Crippen molar-refractivity contribution < 1.29 is 13.9 Å². The van der Waals surface area contributed by atoms with Crippen molar-refractivity contribution in [2.45, 2.75) is 45.6 Å². The van der Waals surface area contributed by atoms with E-state index in [9.17, 15) is 18.8 Å². The van der Waals surface area contributed by atoms with Gasteiger partial charge in [0, 0.05) is 11.3 Å². The standard InChI is InChI=1S/C18H18ClFN2O4/c1-9-10(2)21-18(25)22(16(9)23)15-7-12(13(19)8-14(15)20)17(24)26-11-5-3-4-6-11/h7-8,11H,3-6H2,1-2H3,(H,21,25). The predicted octanol–water partition coefficient (Wildman–Crippen LogP) is 3.03. The number of aromatic amines is 1. The Labute approximate surface area is 153 Å². The first-order valence-electron chi connectivity index (χ1n) is 8.32. The van der Waals surface area contributed by atoms with Crippen molar-refractivity contribution in [3.63, 3.8) is 0 Å². The maximum Gasteiger partial charge on any atom is 0.340 e. The minimum absolute atomic E-state index is 0.0838. The molecular weight excluding hydrogens is 363 g/mol. The summed E-state index contributed by atoms with van der Waals surface area (Å²) >= 11 is 5.99. The van der Waals surface area contributed by atoms with Crippen LogP contribution in [0.1, 0.15) is 47.3 Å². The molecule has 0 atom stereocenters. The first-order chi connectivity index (χ1) is 12.3. The molecule has 1 aromatic carbocycles. The number of H-pyrrole nitrogens is 1. The summed E-state index contributed by atoms with van der Waals surface area (Å²) in [6.07, 6.45) is 3.31. The van der Waals surface area contributed by atoms with Crippen molar-refractivity contribution in [3.8, 4) is 5.69 Å². The smallest absolute Gasteiger partial charge is 0.340 e. The Hall–Kier alpha value is -2.41. The molecule has 1 saturated carbocycles. The monoisotopic (exact) mass is 380 g/mol. The molecule has 1 fully saturated rings. The molecule has 26 heavy (non-hydrogen) atoms. The Morgan fingerprint density at radius 1 is 1.27 bits per heavy atom. The van der Waals surface area contributed by atoms with E-state index in [-0.39, 0.29) is 27.9 Å². The third kappa shape index (κ3) is 3.31. The Kier molecular flexibility index (Phi) is 5.00. The number of rotatable bonds is 3. The fourth-order valence-electron chi connectivity index (χ4n) is 3.04. The molecule has 138 valence electrons. The highest BCUT2D eigenvalue weighted by Crippen LogP contribution is 2.26. The lowest BCUT2D eigenvalue weighted by Gasteiger charge is -2.14. The maximum absolute atomic E-state index is 14.4. The summed E-state index contributed by atoms with van der Waals surface area (Å²) in [5, 5.41) is -0.137. The Morgan fingerprint density at radius 3 is 2.58 bits per heavy atom. The molecule has 1 aliphatic rings. The normalized spacial score (nSPS) is 14.6. The number of carbonyl (C=O) groups excluding carboxylic acids is 1. The molecule has 0 radical (unpaired) electrons. The second kappa shape index (κ2) is 7.07. The van der Waals surface area contributed by atoms with Gasteiger partial charge in [-0.2, -0.15) is 0 Å². The summed E-state index contributed by atoms with van der Waals surface area (Å²) in [6.45, 7) is 3.10. The number of hydrogen-bond donors (Lipinski definition) is 1. The van der Waals surface area contributed by atoms with Crippen molar-refractivity contribution in [2.24, 2.45) is 0 Å². The van der Waals surface area contributed by atoms with Crippen LogP contribution in [0, 0.1) is 19.7 Å². The molecule has 0 unspecified atom stereocenters. The Balaban J connectivity index is 2.10. The zero-order valence-electron chi connectivity index (χ0n) is 14.4. The van der Waals surface area contributed by atoms with Gasteiger partial charge in [0.2, 0.25) is 0 Å². The van der Waals surface area contributed by atoms with E-state index in [2.05, 4.69) is 4.98 Å². The van der Waals surface area contributed by atoms with Crippen molar-refractivity contribution in [2.75, 3.05) is 0 Å². The van der Waals surface area contributed by atoms with Gasteiger partial charge in [0.25, 0.3) is 5.56 Å². The lowest BCUT2D eigenvalue weighted by molar-refractivity contribution is 0.0318. The molecule has 0 saturated heterocycles. The van der Waals surface area contributed by atoms with Gasteiger partial charge < -0.3 is 9.72 Å². The van der Waals surface area contributed by atoms with Crippen LogP contribution in [0.25, 0.3) is 5.69 Å². The molecule has 0 spiro atoms. The number of nitrogens with one attached hydrogen (secondary N) is 1. The van der Waals surface area contributed by atoms with Gasteiger partial charge in [-0.15, -0.1) is 0 Å². The summed E-state index contributed by atoms with van der Waals surface area (Å²) in [4.78, 5) is 39.5. The van der Waals surface area contributed by atoms with E-state index in [0.29, 0.717) is 10.3 Å². The van der Waals surface area contributed by atoms with Crippen LogP contribution in [0.15, 0.2) is 21.7 Å². The van der Waals surface area contributed by atoms with Gasteiger partial charge in [-0.3, -0.25) is 4.79 Å². The third-order valence-electron chi connectivity index (χ3n) is 4.66. The molecule has 1 N–H and O–H groups in total. The number of aromatic nitrogens is 2. The average molecular weight is 381 g/mol. The van der Waals surface area contributed by atoms with Gasteiger partial charge in [-0.1, -0.05) is 11.6 Å². The summed E-state index contributed by atoms with van der Waals surface area (Å²) < 4.78 is 20.5. The van der Waals surface area contributed by atoms with E-state index in [0.717, 1.165) is 37.8 Å². The first-order valence-corrected chi connectivity index (χ1v) is 8.70. The molecule has 1 heterocycles. The molecule has 3 rings (SSSR count). The number of nitrogens with zero attached hydrogens (tertiary/aromatic N) is 1. The molecule has 0 amide bonds. The number of ether oxygens (including phenoxy) is 1. The molecule has 2 aromatic rings. The van der Waals surface area contributed by atoms with E-state index < -0.39 is 23.0 Å². The van der Waals surface area contributed by atoms with E-state index >= 15 is 0 Å². The topological polar surface area (TPSA) is 81.2 Å². The van der Waals surface area contributed by atoms with Gasteiger partial charge in [0.15, 0.2) is 0 Å². The SMILES string of the molecule is Cc1[nH]c(=O)n(-c2cc(C(=O)OC3CCCC3)c(Cl)cc2F)c(=O)c1C. The van der Waals surface area contributed by atoms with Crippen LogP contribution < -0.4 is 11.2 Å². The van der Waals surface area contributed by atoms with E-state index in [1.165, 1.54) is 6.92 Å². The van der Waals surface area contributed by atoms with Gasteiger partial charge >= 0.3 is 11.7 Å². The van der Waals surface area contributed by atoms with Crippen LogP contribution in [0.2, 0.25) is 5.02 Å².